The Balaban J connectivity index is 1.35. The lowest BCUT2D eigenvalue weighted by Gasteiger charge is -2.24. The minimum absolute atomic E-state index is 0.00243. The summed E-state index contributed by atoms with van der Waals surface area (Å²) in [7, 11) is 0. The molecule has 2 saturated heterocycles. The molecule has 0 saturated carbocycles. The minimum Gasteiger partial charge on any atom is -0.394 e. The molecule has 1 aromatic heterocycles. The van der Waals surface area contributed by atoms with E-state index in [1.807, 2.05) is 11.8 Å². The molecule has 2 aromatic carbocycles. The number of aromatic nitrogens is 2. The molecule has 2 aliphatic rings. The third kappa shape index (κ3) is 5.94. The highest BCUT2D eigenvalue weighted by molar-refractivity contribution is 6.31. The van der Waals surface area contributed by atoms with Crippen molar-refractivity contribution < 1.29 is 19.5 Å². The van der Waals surface area contributed by atoms with E-state index in [2.05, 4.69) is 15.3 Å². The number of likely N-dealkylation sites (tertiary alicyclic amines) is 2. The van der Waals surface area contributed by atoms with Crippen LogP contribution in [0, 0.1) is 6.92 Å². The van der Waals surface area contributed by atoms with E-state index in [-0.39, 0.29) is 36.8 Å². The lowest BCUT2D eigenvalue weighted by atomic mass is 10.0. The van der Waals surface area contributed by atoms with Gasteiger partial charge in [0.1, 0.15) is 5.82 Å². The van der Waals surface area contributed by atoms with Gasteiger partial charge in [0.15, 0.2) is 0 Å². The molecule has 0 aliphatic carbocycles. The number of halogens is 1. The van der Waals surface area contributed by atoms with Gasteiger partial charge in [-0.25, -0.2) is 4.98 Å². The zero-order chi connectivity index (χ0) is 27.5. The number of carbonyl (C=O) groups is 3. The van der Waals surface area contributed by atoms with Crippen molar-refractivity contribution in [3.8, 4) is 0 Å². The maximum absolute atomic E-state index is 13.4. The monoisotopic (exact) mass is 551 g/mol. The van der Waals surface area contributed by atoms with Crippen molar-refractivity contribution in [1.82, 2.24) is 25.1 Å². The number of carbonyl (C=O) groups excluding carboxylic acids is 3. The van der Waals surface area contributed by atoms with Crippen LogP contribution in [0.25, 0.3) is 11.0 Å². The molecule has 0 bridgehead atoms. The Labute approximate surface area is 232 Å². The Morgan fingerprint density at radius 3 is 2.67 bits per heavy atom. The van der Waals surface area contributed by atoms with Gasteiger partial charge in [0, 0.05) is 42.2 Å². The molecule has 2 atom stereocenters. The van der Waals surface area contributed by atoms with Crippen molar-refractivity contribution in [2.24, 2.45) is 0 Å². The average molecular weight is 552 g/mol. The second kappa shape index (κ2) is 11.8. The number of benzene rings is 2. The molecule has 2 fully saturated rings. The van der Waals surface area contributed by atoms with Crippen molar-refractivity contribution in [2.75, 3.05) is 26.2 Å². The quantitative estimate of drug-likeness (QED) is 0.391. The number of aliphatic hydroxyl groups is 1. The first kappa shape index (κ1) is 27.1. The summed E-state index contributed by atoms with van der Waals surface area (Å²) in [6, 6.07) is 9.73. The van der Waals surface area contributed by atoms with Gasteiger partial charge < -0.3 is 25.2 Å². The van der Waals surface area contributed by atoms with Crippen molar-refractivity contribution in [2.45, 2.75) is 57.5 Å². The molecule has 9 nitrogen and oxygen atoms in total. The normalized spacial score (nSPS) is 18.1. The Hall–Kier alpha value is -3.43. The largest absolute Gasteiger partial charge is 0.394 e. The smallest absolute Gasteiger partial charge is 0.254 e. The Morgan fingerprint density at radius 2 is 1.92 bits per heavy atom. The van der Waals surface area contributed by atoms with Crippen LogP contribution in [0.3, 0.4) is 0 Å². The average Bonchev–Trinajstić information content (AvgIpc) is 3.70. The van der Waals surface area contributed by atoms with Gasteiger partial charge in [0.2, 0.25) is 5.91 Å². The molecular formula is C29H34ClN5O4. The second-order valence-electron chi connectivity index (χ2n) is 10.4. The minimum atomic E-state index is -0.561. The first-order valence-electron chi connectivity index (χ1n) is 13.6. The number of nitrogens with zero attached hydrogens (tertiary/aromatic N) is 3. The number of hydrogen-bond donors (Lipinski definition) is 3. The molecule has 2 aliphatic heterocycles. The van der Waals surface area contributed by atoms with E-state index in [4.69, 9.17) is 11.6 Å². The van der Waals surface area contributed by atoms with E-state index >= 15 is 0 Å². The summed E-state index contributed by atoms with van der Waals surface area (Å²) in [5.41, 5.74) is 3.23. The zero-order valence-corrected chi connectivity index (χ0v) is 22.8. The topological polar surface area (TPSA) is 119 Å². The summed E-state index contributed by atoms with van der Waals surface area (Å²) in [5, 5.41) is 13.2. The van der Waals surface area contributed by atoms with Gasteiger partial charge in [-0.2, -0.15) is 0 Å². The van der Waals surface area contributed by atoms with Crippen LogP contribution in [-0.4, -0.2) is 74.9 Å². The first-order valence-corrected chi connectivity index (χ1v) is 14.0. The third-order valence-electron chi connectivity index (χ3n) is 7.77. The van der Waals surface area contributed by atoms with Crippen LogP contribution in [0.2, 0.25) is 5.02 Å². The molecule has 206 valence electrons. The molecule has 39 heavy (non-hydrogen) atoms. The van der Waals surface area contributed by atoms with Crippen LogP contribution >= 0.6 is 11.6 Å². The lowest BCUT2D eigenvalue weighted by molar-refractivity contribution is -0.132. The number of rotatable bonds is 8. The van der Waals surface area contributed by atoms with Crippen molar-refractivity contribution in [1.29, 1.82) is 0 Å². The highest BCUT2D eigenvalue weighted by Crippen LogP contribution is 2.25. The number of H-pyrrole nitrogens is 1. The van der Waals surface area contributed by atoms with E-state index in [0.717, 1.165) is 49.9 Å². The van der Waals surface area contributed by atoms with Gasteiger partial charge in [-0.3, -0.25) is 14.4 Å². The van der Waals surface area contributed by atoms with Crippen molar-refractivity contribution in [3.63, 3.8) is 0 Å². The van der Waals surface area contributed by atoms with Crippen molar-refractivity contribution in [3.05, 3.63) is 63.9 Å². The molecule has 2 unspecified atom stereocenters. The molecule has 3 aromatic rings. The summed E-state index contributed by atoms with van der Waals surface area (Å²) in [6.45, 7) is 3.95. The molecule has 0 spiro atoms. The molecule has 5 rings (SSSR count). The number of aliphatic hydroxyl groups excluding tert-OH is 1. The third-order valence-corrected chi connectivity index (χ3v) is 8.00. The van der Waals surface area contributed by atoms with Crippen LogP contribution in [0.1, 0.15) is 76.7 Å². The molecule has 10 heteroatoms. The van der Waals surface area contributed by atoms with E-state index in [1.165, 1.54) is 0 Å². The highest BCUT2D eigenvalue weighted by atomic mass is 35.5. The van der Waals surface area contributed by atoms with Gasteiger partial charge in [-0.15, -0.1) is 0 Å². The number of aryl methyl sites for hydroxylation is 1. The number of hydrogen-bond acceptors (Lipinski definition) is 5. The highest BCUT2D eigenvalue weighted by Gasteiger charge is 2.29. The van der Waals surface area contributed by atoms with E-state index in [1.54, 1.807) is 41.3 Å². The zero-order valence-electron chi connectivity index (χ0n) is 22.1. The standard InChI is InChI=1S/C29H34ClN5O4/c1-18-15-19(6-8-22(18)29(39)34-12-2-3-13-34)28(38)33-24(10-11-26(37)35-14-4-5-21(35)17-36)27-31-23-9-7-20(30)16-25(23)32-27/h6-9,15-16,21,24,36H,2-5,10-14,17H2,1H3,(H,31,32)(H,33,38). The molecular weight excluding hydrogens is 518 g/mol. The van der Waals surface area contributed by atoms with Crippen LogP contribution < -0.4 is 5.32 Å². The van der Waals surface area contributed by atoms with Gasteiger partial charge in [-0.05, 0) is 81.0 Å². The van der Waals surface area contributed by atoms with Crippen LogP contribution in [0.5, 0.6) is 0 Å². The number of fused-ring (bicyclic) bond motifs is 1. The predicted molar refractivity (Wildman–Crippen MR) is 149 cm³/mol. The number of nitrogens with one attached hydrogen (secondary N) is 2. The van der Waals surface area contributed by atoms with E-state index < -0.39 is 6.04 Å². The van der Waals surface area contributed by atoms with Crippen LogP contribution in [-0.2, 0) is 4.79 Å². The first-order chi connectivity index (χ1) is 18.8. The maximum Gasteiger partial charge on any atom is 0.254 e. The Kier molecular flexibility index (Phi) is 8.18. The summed E-state index contributed by atoms with van der Waals surface area (Å²) >= 11 is 6.15. The summed E-state index contributed by atoms with van der Waals surface area (Å²) in [6.07, 6.45) is 4.22. The fourth-order valence-corrected chi connectivity index (χ4v) is 5.76. The van der Waals surface area contributed by atoms with Crippen LogP contribution in [0.15, 0.2) is 36.4 Å². The fraction of sp³-hybridized carbons (Fsp3) is 0.448. The maximum atomic E-state index is 13.4. The van der Waals surface area contributed by atoms with Crippen molar-refractivity contribution >= 4 is 40.4 Å². The Morgan fingerprint density at radius 1 is 1.13 bits per heavy atom. The second-order valence-corrected chi connectivity index (χ2v) is 10.9. The van der Waals surface area contributed by atoms with Gasteiger partial charge in [0.25, 0.3) is 11.8 Å². The Bertz CT molecular complexity index is 1380. The van der Waals surface area contributed by atoms with E-state index in [9.17, 15) is 19.5 Å². The predicted octanol–water partition coefficient (Wildman–Crippen LogP) is 4.00. The van der Waals surface area contributed by atoms with Gasteiger partial charge in [0.05, 0.1) is 29.7 Å². The molecule has 0 radical (unpaired) electrons. The SMILES string of the molecule is Cc1cc(C(=O)NC(CCC(=O)N2CCCC2CO)c2nc3ccc(Cl)cc3[nH]2)ccc1C(=O)N1CCCC1. The fourth-order valence-electron chi connectivity index (χ4n) is 5.59. The summed E-state index contributed by atoms with van der Waals surface area (Å²) in [4.78, 5) is 50.8. The number of imidazole rings is 1. The molecule has 3 amide bonds. The van der Waals surface area contributed by atoms with E-state index in [0.29, 0.717) is 40.5 Å². The summed E-state index contributed by atoms with van der Waals surface area (Å²) < 4.78 is 0. The van der Waals surface area contributed by atoms with Gasteiger partial charge in [-0.1, -0.05) is 11.6 Å². The van der Waals surface area contributed by atoms with Gasteiger partial charge >= 0.3 is 0 Å². The molecule has 3 heterocycles. The molecule has 3 N–H and O–H groups in total. The summed E-state index contributed by atoms with van der Waals surface area (Å²) in [5.74, 6) is 0.165. The van der Waals surface area contributed by atoms with Crippen LogP contribution in [0.4, 0.5) is 0 Å². The number of aromatic amines is 1. The number of amides is 3. The lowest BCUT2D eigenvalue weighted by Crippen LogP contribution is -2.38.